The topological polar surface area (TPSA) is 76.9 Å². The Labute approximate surface area is 178 Å². The smallest absolute Gasteiger partial charge is 0.229 e. The van der Waals surface area contributed by atoms with Gasteiger partial charge in [-0.2, -0.15) is 10.2 Å². The molecule has 0 saturated carbocycles. The Morgan fingerprint density at radius 1 is 1.21 bits per heavy atom. The van der Waals surface area contributed by atoms with Crippen molar-refractivity contribution in [2.75, 3.05) is 30.4 Å². The zero-order valence-corrected chi connectivity index (χ0v) is 17.8. The van der Waals surface area contributed by atoms with Crippen LogP contribution in [0.2, 0.25) is 0 Å². The summed E-state index contributed by atoms with van der Waals surface area (Å²) in [4.78, 5) is 12.0. The second-order valence-corrected chi connectivity index (χ2v) is 7.14. The van der Waals surface area contributed by atoms with Crippen molar-refractivity contribution in [3.63, 3.8) is 0 Å². The Morgan fingerprint density at radius 3 is 2.75 bits per heavy atom. The monoisotopic (exact) mass is 420 g/mol. The van der Waals surface area contributed by atoms with Crippen LogP contribution in [-0.4, -0.2) is 36.1 Å². The van der Waals surface area contributed by atoms with E-state index in [1.54, 1.807) is 0 Å². The summed E-state index contributed by atoms with van der Waals surface area (Å²) < 4.78 is 0. The SMILES string of the molecule is CNC1CCN(c2nc(Nc3ccc(C)c(C#N)c3)nc3c2CCC3)C1.Cl.Cl. The van der Waals surface area contributed by atoms with Crippen LogP contribution in [0.1, 0.15) is 35.2 Å². The van der Waals surface area contributed by atoms with Gasteiger partial charge >= 0.3 is 0 Å². The van der Waals surface area contributed by atoms with Crippen molar-refractivity contribution in [3.05, 3.63) is 40.6 Å². The summed E-state index contributed by atoms with van der Waals surface area (Å²) in [6.45, 7) is 3.96. The zero-order valence-electron chi connectivity index (χ0n) is 16.2. The number of benzene rings is 1. The average Bonchev–Trinajstić information content (AvgIpc) is 3.31. The molecule has 1 unspecified atom stereocenters. The number of anilines is 3. The lowest BCUT2D eigenvalue weighted by atomic mass is 10.1. The minimum absolute atomic E-state index is 0. The Hall–Kier alpha value is -2.07. The van der Waals surface area contributed by atoms with E-state index in [0.29, 0.717) is 17.6 Å². The number of rotatable bonds is 4. The highest BCUT2D eigenvalue weighted by Crippen LogP contribution is 2.32. The van der Waals surface area contributed by atoms with E-state index in [0.717, 1.165) is 61.5 Å². The van der Waals surface area contributed by atoms with Crippen LogP contribution in [0.5, 0.6) is 0 Å². The van der Waals surface area contributed by atoms with Crippen LogP contribution in [0.4, 0.5) is 17.5 Å². The third-order valence-electron chi connectivity index (χ3n) is 5.42. The van der Waals surface area contributed by atoms with Gasteiger partial charge in [-0.15, -0.1) is 24.8 Å². The van der Waals surface area contributed by atoms with Gasteiger partial charge in [0.25, 0.3) is 0 Å². The van der Waals surface area contributed by atoms with Gasteiger partial charge in [0.15, 0.2) is 0 Å². The van der Waals surface area contributed by atoms with Crippen LogP contribution in [0.3, 0.4) is 0 Å². The average molecular weight is 421 g/mol. The van der Waals surface area contributed by atoms with Crippen molar-refractivity contribution < 1.29 is 0 Å². The maximum atomic E-state index is 9.25. The number of hydrogen-bond acceptors (Lipinski definition) is 6. The van der Waals surface area contributed by atoms with E-state index in [-0.39, 0.29) is 24.8 Å². The lowest BCUT2D eigenvalue weighted by molar-refractivity contribution is 0.616. The van der Waals surface area contributed by atoms with E-state index < -0.39 is 0 Å². The third-order valence-corrected chi connectivity index (χ3v) is 5.42. The minimum Gasteiger partial charge on any atom is -0.355 e. The van der Waals surface area contributed by atoms with E-state index in [4.69, 9.17) is 9.97 Å². The largest absolute Gasteiger partial charge is 0.355 e. The molecule has 2 N–H and O–H groups in total. The van der Waals surface area contributed by atoms with Crippen molar-refractivity contribution in [1.29, 1.82) is 5.26 Å². The van der Waals surface area contributed by atoms with Crippen molar-refractivity contribution in [2.45, 2.75) is 38.6 Å². The van der Waals surface area contributed by atoms with Crippen LogP contribution in [0, 0.1) is 18.3 Å². The first-order valence-corrected chi connectivity index (χ1v) is 9.27. The number of aromatic nitrogens is 2. The van der Waals surface area contributed by atoms with Crippen molar-refractivity contribution in [1.82, 2.24) is 15.3 Å². The summed E-state index contributed by atoms with van der Waals surface area (Å²) in [5.74, 6) is 1.71. The van der Waals surface area contributed by atoms with Gasteiger partial charge in [-0.05, 0) is 57.4 Å². The lowest BCUT2D eigenvalue weighted by Gasteiger charge is -2.21. The summed E-state index contributed by atoms with van der Waals surface area (Å²) in [5, 5.41) is 15.9. The Morgan fingerprint density at radius 2 is 2.04 bits per heavy atom. The van der Waals surface area contributed by atoms with E-state index in [1.165, 1.54) is 5.56 Å². The first kappa shape index (κ1) is 22.2. The number of fused-ring (bicyclic) bond motifs is 1. The molecule has 1 atom stereocenters. The highest BCUT2D eigenvalue weighted by Gasteiger charge is 2.28. The molecular formula is C20H26Cl2N6. The molecule has 0 amide bonds. The summed E-state index contributed by atoms with van der Waals surface area (Å²) >= 11 is 0. The number of halogens is 2. The normalized spacial score (nSPS) is 17.3. The maximum Gasteiger partial charge on any atom is 0.229 e. The van der Waals surface area contributed by atoms with Gasteiger partial charge in [0.1, 0.15) is 5.82 Å². The lowest BCUT2D eigenvalue weighted by Crippen LogP contribution is -2.30. The molecule has 150 valence electrons. The van der Waals surface area contributed by atoms with Gasteiger partial charge in [-0.1, -0.05) is 6.07 Å². The quantitative estimate of drug-likeness (QED) is 0.787. The molecule has 6 nitrogen and oxygen atoms in total. The molecule has 1 aromatic heterocycles. The van der Waals surface area contributed by atoms with Crippen molar-refractivity contribution >= 4 is 42.3 Å². The van der Waals surface area contributed by atoms with Gasteiger partial charge in [0, 0.05) is 30.4 Å². The van der Waals surface area contributed by atoms with Crippen molar-refractivity contribution in [3.8, 4) is 6.07 Å². The molecule has 2 aliphatic rings. The van der Waals surface area contributed by atoms with E-state index in [1.807, 2.05) is 32.2 Å². The molecule has 0 bridgehead atoms. The molecule has 8 heteroatoms. The highest BCUT2D eigenvalue weighted by atomic mass is 35.5. The number of nitrogens with zero attached hydrogens (tertiary/aromatic N) is 4. The highest BCUT2D eigenvalue weighted by molar-refractivity contribution is 5.85. The van der Waals surface area contributed by atoms with Gasteiger partial charge in [0.05, 0.1) is 17.3 Å². The Kier molecular flexibility index (Phi) is 7.48. The van der Waals surface area contributed by atoms with E-state index in [2.05, 4.69) is 21.6 Å². The number of likely N-dealkylation sites (N-methyl/N-ethyl adjacent to an activating group) is 1. The van der Waals surface area contributed by atoms with E-state index >= 15 is 0 Å². The first-order chi connectivity index (χ1) is 12.7. The molecule has 28 heavy (non-hydrogen) atoms. The second kappa shape index (κ2) is 9.42. The fraction of sp³-hybridized carbons (Fsp3) is 0.450. The molecule has 0 radical (unpaired) electrons. The van der Waals surface area contributed by atoms with Crippen LogP contribution in [0.15, 0.2) is 18.2 Å². The predicted octanol–water partition coefficient (Wildman–Crippen LogP) is 3.53. The standard InChI is InChI=1S/C20H24N6.2ClH/c1-13-6-7-15(10-14(13)11-21)23-20-24-18-5-3-4-17(18)19(25-20)26-9-8-16(12-26)22-2;;/h6-7,10,16,22H,3-5,8-9,12H2,1-2H3,(H,23,24,25);2*1H. The third kappa shape index (κ3) is 4.33. The fourth-order valence-electron chi connectivity index (χ4n) is 3.87. The summed E-state index contributed by atoms with van der Waals surface area (Å²) in [5.41, 5.74) is 4.98. The molecule has 2 heterocycles. The number of nitrogens with one attached hydrogen (secondary N) is 2. The van der Waals surface area contributed by atoms with E-state index in [9.17, 15) is 5.26 Å². The van der Waals surface area contributed by atoms with Crippen molar-refractivity contribution in [2.24, 2.45) is 0 Å². The van der Waals surface area contributed by atoms with Gasteiger partial charge < -0.3 is 15.5 Å². The summed E-state index contributed by atoms with van der Waals surface area (Å²) in [6, 6.07) is 8.54. The Bertz CT molecular complexity index is 880. The maximum absolute atomic E-state index is 9.25. The second-order valence-electron chi connectivity index (χ2n) is 7.14. The number of nitriles is 1. The molecule has 1 saturated heterocycles. The van der Waals surface area contributed by atoms with Crippen LogP contribution in [-0.2, 0) is 12.8 Å². The van der Waals surface area contributed by atoms with Gasteiger partial charge in [-0.25, -0.2) is 4.98 Å². The number of hydrogen-bond donors (Lipinski definition) is 2. The molecular weight excluding hydrogens is 395 g/mol. The van der Waals surface area contributed by atoms with Gasteiger partial charge in [0.2, 0.25) is 5.95 Å². The first-order valence-electron chi connectivity index (χ1n) is 9.27. The zero-order chi connectivity index (χ0) is 18.1. The molecule has 2 aromatic rings. The summed E-state index contributed by atoms with van der Waals surface area (Å²) in [6.07, 6.45) is 4.36. The number of aryl methyl sites for hydroxylation is 2. The van der Waals surface area contributed by atoms with Crippen LogP contribution >= 0.6 is 24.8 Å². The van der Waals surface area contributed by atoms with Crippen LogP contribution in [0.25, 0.3) is 0 Å². The predicted molar refractivity (Wildman–Crippen MR) is 117 cm³/mol. The fourth-order valence-corrected chi connectivity index (χ4v) is 3.87. The molecule has 1 aromatic carbocycles. The molecule has 0 spiro atoms. The molecule has 1 aliphatic heterocycles. The Balaban J connectivity index is 0.00000140. The molecule has 4 rings (SSSR count). The minimum atomic E-state index is 0. The van der Waals surface area contributed by atoms with Crippen LogP contribution < -0.4 is 15.5 Å². The molecule has 1 aliphatic carbocycles. The summed E-state index contributed by atoms with van der Waals surface area (Å²) in [7, 11) is 2.02. The van der Waals surface area contributed by atoms with Gasteiger partial charge in [-0.3, -0.25) is 0 Å². The molecule has 1 fully saturated rings.